The lowest BCUT2D eigenvalue weighted by atomic mass is 10.2. The number of thioether (sulfide) groups is 1. The number of hydrogen-bond acceptors (Lipinski definition) is 2. The molecule has 1 rings (SSSR count). The maximum absolute atomic E-state index is 5.29. The molecular weight excluding hydrogens is 192 g/mol. The van der Waals surface area contributed by atoms with Crippen LogP contribution < -0.4 is 0 Å². The number of benzene rings is 1. The molecule has 0 N–H and O–H groups in total. The fourth-order valence-corrected chi connectivity index (χ4v) is 1.97. The maximum Gasteiger partial charge on any atom is 0.153 e. The smallest absolute Gasteiger partial charge is 0.153 e. The molecule has 2 heteroatoms. The highest BCUT2D eigenvalue weighted by Gasteiger charge is 2.00. The summed E-state index contributed by atoms with van der Waals surface area (Å²) in [6.45, 7) is 4.29. The zero-order valence-electron chi connectivity index (χ0n) is 8.86. The molecule has 14 heavy (non-hydrogen) atoms. The SMILES string of the molecule is COC(=CC(C)C)Sc1ccccc1. The Morgan fingerprint density at radius 2 is 1.93 bits per heavy atom. The summed E-state index contributed by atoms with van der Waals surface area (Å²) in [7, 11) is 1.71. The van der Waals surface area contributed by atoms with Crippen molar-refractivity contribution in [3.63, 3.8) is 0 Å². The van der Waals surface area contributed by atoms with Crippen molar-refractivity contribution in [1.82, 2.24) is 0 Å². The Morgan fingerprint density at radius 3 is 2.43 bits per heavy atom. The first-order chi connectivity index (χ1) is 6.72. The molecule has 0 fully saturated rings. The van der Waals surface area contributed by atoms with Gasteiger partial charge >= 0.3 is 0 Å². The van der Waals surface area contributed by atoms with Gasteiger partial charge in [0.15, 0.2) is 5.09 Å². The molecule has 0 spiro atoms. The molecule has 0 amide bonds. The molecule has 0 bridgehead atoms. The van der Waals surface area contributed by atoms with Gasteiger partial charge in [0.1, 0.15) is 0 Å². The molecule has 0 aliphatic rings. The molecule has 1 aromatic rings. The average Bonchev–Trinajstić information content (AvgIpc) is 2.17. The number of hydrogen-bond donors (Lipinski definition) is 0. The van der Waals surface area contributed by atoms with Gasteiger partial charge in [-0.1, -0.05) is 43.8 Å². The van der Waals surface area contributed by atoms with Gasteiger partial charge in [-0.15, -0.1) is 0 Å². The summed E-state index contributed by atoms with van der Waals surface area (Å²) in [6.07, 6.45) is 2.12. The molecule has 0 radical (unpaired) electrons. The van der Waals surface area contributed by atoms with E-state index < -0.39 is 0 Å². The summed E-state index contributed by atoms with van der Waals surface area (Å²) in [5.41, 5.74) is 0. The van der Waals surface area contributed by atoms with Crippen LogP contribution in [-0.4, -0.2) is 7.11 Å². The van der Waals surface area contributed by atoms with Crippen LogP contribution in [0.4, 0.5) is 0 Å². The van der Waals surface area contributed by atoms with Crippen molar-refractivity contribution in [3.8, 4) is 0 Å². The number of ether oxygens (including phenoxy) is 1. The summed E-state index contributed by atoms with van der Waals surface area (Å²) in [5.74, 6) is 0.515. The molecular formula is C12H16OS. The zero-order valence-corrected chi connectivity index (χ0v) is 9.67. The highest BCUT2D eigenvalue weighted by molar-refractivity contribution is 8.02. The molecule has 0 aliphatic carbocycles. The van der Waals surface area contributed by atoms with Gasteiger partial charge in [0.2, 0.25) is 0 Å². The Bertz CT molecular complexity index is 290. The normalized spacial score (nSPS) is 11.9. The minimum atomic E-state index is 0.515. The molecule has 0 saturated carbocycles. The highest BCUT2D eigenvalue weighted by atomic mass is 32.2. The van der Waals surface area contributed by atoms with Crippen molar-refractivity contribution in [2.45, 2.75) is 18.7 Å². The van der Waals surface area contributed by atoms with E-state index in [2.05, 4.69) is 32.1 Å². The molecule has 0 aromatic heterocycles. The molecule has 0 heterocycles. The third kappa shape index (κ3) is 3.88. The maximum atomic E-state index is 5.29. The Balaban J connectivity index is 2.67. The largest absolute Gasteiger partial charge is 0.491 e. The zero-order chi connectivity index (χ0) is 10.4. The Morgan fingerprint density at radius 1 is 1.29 bits per heavy atom. The van der Waals surface area contributed by atoms with Crippen molar-refractivity contribution in [3.05, 3.63) is 41.5 Å². The van der Waals surface area contributed by atoms with Gasteiger partial charge in [0, 0.05) is 4.90 Å². The van der Waals surface area contributed by atoms with E-state index in [0.717, 1.165) is 5.09 Å². The van der Waals surface area contributed by atoms with Gasteiger partial charge in [-0.3, -0.25) is 0 Å². The van der Waals surface area contributed by atoms with E-state index in [9.17, 15) is 0 Å². The van der Waals surface area contributed by atoms with E-state index in [4.69, 9.17) is 4.74 Å². The van der Waals surface area contributed by atoms with E-state index in [0.29, 0.717) is 5.92 Å². The molecule has 0 saturated heterocycles. The Hall–Kier alpha value is -0.890. The van der Waals surface area contributed by atoms with Crippen molar-refractivity contribution in [1.29, 1.82) is 0 Å². The lowest BCUT2D eigenvalue weighted by molar-refractivity contribution is 0.321. The van der Waals surface area contributed by atoms with Gasteiger partial charge in [0.25, 0.3) is 0 Å². The van der Waals surface area contributed by atoms with Gasteiger partial charge in [-0.05, 0) is 24.1 Å². The van der Waals surface area contributed by atoms with E-state index in [1.807, 2.05) is 18.2 Å². The van der Waals surface area contributed by atoms with Crippen molar-refractivity contribution >= 4 is 11.8 Å². The van der Waals surface area contributed by atoms with Gasteiger partial charge in [-0.25, -0.2) is 0 Å². The second kappa shape index (κ2) is 5.76. The van der Waals surface area contributed by atoms with Crippen molar-refractivity contribution in [2.75, 3.05) is 7.11 Å². The van der Waals surface area contributed by atoms with Crippen LogP contribution in [0.25, 0.3) is 0 Å². The molecule has 0 atom stereocenters. The molecule has 0 unspecified atom stereocenters. The quantitative estimate of drug-likeness (QED) is 0.548. The van der Waals surface area contributed by atoms with Crippen LogP contribution >= 0.6 is 11.8 Å². The highest BCUT2D eigenvalue weighted by Crippen LogP contribution is 2.27. The summed E-state index contributed by atoms with van der Waals surface area (Å²) < 4.78 is 5.29. The van der Waals surface area contributed by atoms with Gasteiger partial charge < -0.3 is 4.74 Å². The third-order valence-corrected chi connectivity index (χ3v) is 2.64. The topological polar surface area (TPSA) is 9.23 Å². The fraction of sp³-hybridized carbons (Fsp3) is 0.333. The van der Waals surface area contributed by atoms with Gasteiger partial charge in [0.05, 0.1) is 7.11 Å². The third-order valence-electron chi connectivity index (χ3n) is 1.63. The van der Waals surface area contributed by atoms with E-state index in [1.165, 1.54) is 4.90 Å². The predicted molar refractivity (Wildman–Crippen MR) is 62.2 cm³/mol. The monoisotopic (exact) mass is 208 g/mol. The van der Waals surface area contributed by atoms with Gasteiger partial charge in [-0.2, -0.15) is 0 Å². The van der Waals surface area contributed by atoms with Crippen LogP contribution in [0.5, 0.6) is 0 Å². The predicted octanol–water partition coefficient (Wildman–Crippen LogP) is 3.92. The fourth-order valence-electron chi connectivity index (χ4n) is 1.02. The van der Waals surface area contributed by atoms with E-state index >= 15 is 0 Å². The first-order valence-electron chi connectivity index (χ1n) is 4.71. The van der Waals surface area contributed by atoms with Crippen molar-refractivity contribution in [2.24, 2.45) is 5.92 Å². The molecule has 0 aliphatic heterocycles. The number of methoxy groups -OCH3 is 1. The number of rotatable bonds is 4. The minimum absolute atomic E-state index is 0.515. The number of allylic oxidation sites excluding steroid dienone is 1. The standard InChI is InChI=1S/C12H16OS/c1-10(2)9-12(13-3)14-11-7-5-4-6-8-11/h4-10H,1-3H3. The summed E-state index contributed by atoms with van der Waals surface area (Å²) in [4.78, 5) is 1.21. The Labute approximate surface area is 90.2 Å². The first kappa shape index (κ1) is 11.2. The summed E-state index contributed by atoms with van der Waals surface area (Å²) >= 11 is 1.66. The second-order valence-electron chi connectivity index (χ2n) is 3.35. The Kier molecular flexibility index (Phi) is 4.60. The second-order valence-corrected chi connectivity index (χ2v) is 4.43. The van der Waals surface area contributed by atoms with E-state index in [-0.39, 0.29) is 0 Å². The molecule has 76 valence electrons. The van der Waals surface area contributed by atoms with Crippen LogP contribution in [0.15, 0.2) is 46.4 Å². The summed E-state index contributed by atoms with van der Waals surface area (Å²) in [6, 6.07) is 10.2. The molecule has 1 nitrogen and oxygen atoms in total. The first-order valence-corrected chi connectivity index (χ1v) is 5.52. The van der Waals surface area contributed by atoms with Crippen LogP contribution in [0.3, 0.4) is 0 Å². The average molecular weight is 208 g/mol. The molecule has 1 aromatic carbocycles. The summed E-state index contributed by atoms with van der Waals surface area (Å²) in [5, 5.41) is 0.964. The minimum Gasteiger partial charge on any atom is -0.491 e. The van der Waals surface area contributed by atoms with Crippen LogP contribution in [0, 0.1) is 5.92 Å². The van der Waals surface area contributed by atoms with Crippen molar-refractivity contribution < 1.29 is 4.74 Å². The lowest BCUT2D eigenvalue weighted by Gasteiger charge is -2.06. The lowest BCUT2D eigenvalue weighted by Crippen LogP contribution is -1.86. The van der Waals surface area contributed by atoms with Crippen LogP contribution in [0.2, 0.25) is 0 Å². The van der Waals surface area contributed by atoms with Crippen LogP contribution in [0.1, 0.15) is 13.8 Å². The van der Waals surface area contributed by atoms with E-state index in [1.54, 1.807) is 18.9 Å². The van der Waals surface area contributed by atoms with Crippen LogP contribution in [-0.2, 0) is 4.74 Å².